The van der Waals surface area contributed by atoms with E-state index in [0.717, 1.165) is 55.4 Å². The number of ether oxygens (including phenoxy) is 3. The molecule has 1 saturated heterocycles. The maximum absolute atomic E-state index is 5.75. The average molecular weight is 356 g/mol. The average Bonchev–Trinajstić information content (AvgIpc) is 2.97. The lowest BCUT2D eigenvalue weighted by Gasteiger charge is -2.32. The minimum absolute atomic E-state index is 0.0787. The van der Waals surface area contributed by atoms with Gasteiger partial charge < -0.3 is 19.5 Å². The fraction of sp³-hybridized carbons (Fsp3) is 0.429. The van der Waals surface area contributed by atoms with E-state index in [4.69, 9.17) is 14.2 Å². The standard InChI is InChI=1S/C21H28N2O3/c1-24-17-8-4-7-16(15-17)20(23-13-6-11-22-12-14-23)18-9-5-10-19(25-2)21(18)26-3/h4-5,7-10,15,20,22H,6,11-14H2,1-3H3. The number of para-hydroxylation sites is 1. The van der Waals surface area contributed by atoms with Crippen LogP contribution in [-0.4, -0.2) is 52.4 Å². The molecule has 0 radical (unpaired) electrons. The minimum Gasteiger partial charge on any atom is -0.497 e. The summed E-state index contributed by atoms with van der Waals surface area (Å²) in [5.74, 6) is 2.41. The van der Waals surface area contributed by atoms with E-state index < -0.39 is 0 Å². The molecule has 1 fully saturated rings. The van der Waals surface area contributed by atoms with E-state index in [0.29, 0.717) is 0 Å². The molecule has 5 heteroatoms. The number of hydrogen-bond donors (Lipinski definition) is 1. The van der Waals surface area contributed by atoms with Crippen LogP contribution in [0.25, 0.3) is 0 Å². The summed E-state index contributed by atoms with van der Waals surface area (Å²) in [6.07, 6.45) is 1.12. The predicted molar refractivity (Wildman–Crippen MR) is 103 cm³/mol. The molecule has 0 aromatic heterocycles. The van der Waals surface area contributed by atoms with Crippen molar-refractivity contribution in [3.8, 4) is 17.2 Å². The number of nitrogens with zero attached hydrogens (tertiary/aromatic N) is 1. The van der Waals surface area contributed by atoms with E-state index in [1.807, 2.05) is 24.3 Å². The van der Waals surface area contributed by atoms with Crippen LogP contribution in [0.2, 0.25) is 0 Å². The summed E-state index contributed by atoms with van der Waals surface area (Å²) in [7, 11) is 5.09. The van der Waals surface area contributed by atoms with Gasteiger partial charge in [0.05, 0.1) is 27.4 Å². The lowest BCUT2D eigenvalue weighted by molar-refractivity contribution is 0.234. The second-order valence-corrected chi connectivity index (χ2v) is 6.40. The second kappa shape index (κ2) is 8.92. The van der Waals surface area contributed by atoms with Crippen molar-refractivity contribution in [2.24, 2.45) is 0 Å². The normalized spacial score (nSPS) is 16.6. The molecule has 2 aromatic rings. The molecule has 5 nitrogen and oxygen atoms in total. The molecule has 2 aromatic carbocycles. The third-order valence-corrected chi connectivity index (χ3v) is 4.88. The van der Waals surface area contributed by atoms with Crippen LogP contribution in [0, 0.1) is 0 Å². The molecule has 140 valence electrons. The zero-order valence-corrected chi connectivity index (χ0v) is 15.8. The molecule has 0 bridgehead atoms. The third kappa shape index (κ3) is 3.94. The van der Waals surface area contributed by atoms with Crippen LogP contribution in [0.5, 0.6) is 17.2 Å². The van der Waals surface area contributed by atoms with Crippen LogP contribution in [0.15, 0.2) is 42.5 Å². The van der Waals surface area contributed by atoms with Crippen molar-refractivity contribution in [1.29, 1.82) is 0 Å². The van der Waals surface area contributed by atoms with Gasteiger partial charge in [-0.2, -0.15) is 0 Å². The van der Waals surface area contributed by atoms with Gasteiger partial charge in [-0.3, -0.25) is 4.90 Å². The van der Waals surface area contributed by atoms with Gasteiger partial charge in [-0.1, -0.05) is 24.3 Å². The smallest absolute Gasteiger partial charge is 0.165 e. The van der Waals surface area contributed by atoms with Crippen LogP contribution < -0.4 is 19.5 Å². The largest absolute Gasteiger partial charge is 0.497 e. The summed E-state index contributed by atoms with van der Waals surface area (Å²) in [6.45, 7) is 4.03. The van der Waals surface area contributed by atoms with Gasteiger partial charge in [0.2, 0.25) is 0 Å². The Kier molecular flexibility index (Phi) is 6.36. The molecular weight excluding hydrogens is 328 g/mol. The topological polar surface area (TPSA) is 43.0 Å². The number of rotatable bonds is 6. The number of benzene rings is 2. The Morgan fingerprint density at radius 1 is 0.923 bits per heavy atom. The fourth-order valence-corrected chi connectivity index (χ4v) is 3.65. The fourth-order valence-electron chi connectivity index (χ4n) is 3.65. The summed E-state index contributed by atoms with van der Waals surface area (Å²) in [5.41, 5.74) is 2.31. The molecule has 1 aliphatic heterocycles. The molecule has 1 atom stereocenters. The maximum atomic E-state index is 5.75. The van der Waals surface area contributed by atoms with Gasteiger partial charge in [0.25, 0.3) is 0 Å². The van der Waals surface area contributed by atoms with Crippen LogP contribution in [0.1, 0.15) is 23.6 Å². The first-order valence-electron chi connectivity index (χ1n) is 9.08. The van der Waals surface area contributed by atoms with Gasteiger partial charge in [-0.15, -0.1) is 0 Å². The van der Waals surface area contributed by atoms with Gasteiger partial charge >= 0.3 is 0 Å². The summed E-state index contributed by atoms with van der Waals surface area (Å²) in [4.78, 5) is 2.51. The molecular formula is C21H28N2O3. The predicted octanol–water partition coefficient (Wildman–Crippen LogP) is 3.10. The van der Waals surface area contributed by atoms with E-state index in [1.165, 1.54) is 5.56 Å². The Morgan fingerprint density at radius 3 is 2.54 bits per heavy atom. The summed E-state index contributed by atoms with van der Waals surface area (Å²) in [6, 6.07) is 14.5. The van der Waals surface area contributed by atoms with E-state index in [-0.39, 0.29) is 6.04 Å². The number of hydrogen-bond acceptors (Lipinski definition) is 5. The highest BCUT2D eigenvalue weighted by Crippen LogP contribution is 2.40. The Bertz CT molecular complexity index is 712. The zero-order valence-electron chi connectivity index (χ0n) is 15.8. The van der Waals surface area contributed by atoms with Crippen molar-refractivity contribution in [2.45, 2.75) is 12.5 Å². The molecule has 1 N–H and O–H groups in total. The lowest BCUT2D eigenvalue weighted by atomic mass is 9.95. The highest BCUT2D eigenvalue weighted by atomic mass is 16.5. The Labute approximate surface area is 155 Å². The van der Waals surface area contributed by atoms with E-state index in [9.17, 15) is 0 Å². The quantitative estimate of drug-likeness (QED) is 0.862. The van der Waals surface area contributed by atoms with E-state index >= 15 is 0 Å². The van der Waals surface area contributed by atoms with Crippen LogP contribution in [0.3, 0.4) is 0 Å². The highest BCUT2D eigenvalue weighted by molar-refractivity contribution is 5.51. The SMILES string of the molecule is COc1cccc(C(c2cccc(OC)c2OC)N2CCCNCC2)c1. The molecule has 26 heavy (non-hydrogen) atoms. The van der Waals surface area contributed by atoms with Crippen molar-refractivity contribution in [1.82, 2.24) is 10.2 Å². The monoisotopic (exact) mass is 356 g/mol. The first kappa shape index (κ1) is 18.5. The molecule has 1 heterocycles. The molecule has 1 unspecified atom stereocenters. The van der Waals surface area contributed by atoms with Gasteiger partial charge in [0.15, 0.2) is 11.5 Å². The molecule has 0 saturated carbocycles. The van der Waals surface area contributed by atoms with Gasteiger partial charge in [-0.25, -0.2) is 0 Å². The first-order valence-corrected chi connectivity index (χ1v) is 9.08. The second-order valence-electron chi connectivity index (χ2n) is 6.40. The number of methoxy groups -OCH3 is 3. The van der Waals surface area contributed by atoms with Crippen molar-refractivity contribution in [2.75, 3.05) is 47.5 Å². The molecule has 1 aliphatic rings. The van der Waals surface area contributed by atoms with Crippen LogP contribution >= 0.6 is 0 Å². The molecule has 0 aliphatic carbocycles. The van der Waals surface area contributed by atoms with Crippen molar-refractivity contribution < 1.29 is 14.2 Å². The third-order valence-electron chi connectivity index (χ3n) is 4.88. The Morgan fingerprint density at radius 2 is 1.77 bits per heavy atom. The summed E-state index contributed by atoms with van der Waals surface area (Å²) in [5, 5.41) is 3.49. The van der Waals surface area contributed by atoms with Gasteiger partial charge in [0.1, 0.15) is 5.75 Å². The summed E-state index contributed by atoms with van der Waals surface area (Å²) < 4.78 is 16.8. The maximum Gasteiger partial charge on any atom is 0.165 e. The molecule has 3 rings (SSSR count). The van der Waals surface area contributed by atoms with Crippen molar-refractivity contribution in [3.05, 3.63) is 53.6 Å². The van der Waals surface area contributed by atoms with Crippen molar-refractivity contribution >= 4 is 0 Å². The van der Waals surface area contributed by atoms with E-state index in [2.05, 4.69) is 28.4 Å². The van der Waals surface area contributed by atoms with Crippen LogP contribution in [-0.2, 0) is 0 Å². The highest BCUT2D eigenvalue weighted by Gasteiger charge is 2.27. The van der Waals surface area contributed by atoms with E-state index in [1.54, 1.807) is 21.3 Å². The van der Waals surface area contributed by atoms with Crippen LogP contribution in [0.4, 0.5) is 0 Å². The lowest BCUT2D eigenvalue weighted by Crippen LogP contribution is -2.33. The molecule has 0 amide bonds. The van der Waals surface area contributed by atoms with Crippen molar-refractivity contribution in [3.63, 3.8) is 0 Å². The number of nitrogens with one attached hydrogen (secondary N) is 1. The first-order chi connectivity index (χ1) is 12.8. The summed E-state index contributed by atoms with van der Waals surface area (Å²) >= 11 is 0. The minimum atomic E-state index is 0.0787. The zero-order chi connectivity index (χ0) is 18.4. The van der Waals surface area contributed by atoms with Gasteiger partial charge in [0, 0.05) is 25.2 Å². The Hall–Kier alpha value is -2.24. The van der Waals surface area contributed by atoms with Gasteiger partial charge in [-0.05, 0) is 36.7 Å². The Balaban J connectivity index is 2.11. The molecule has 0 spiro atoms.